The lowest BCUT2D eigenvalue weighted by atomic mass is 9.89. The molecule has 3 rings (SSSR count). The van der Waals surface area contributed by atoms with Gasteiger partial charge in [-0.3, -0.25) is 0 Å². The molecule has 1 aromatic rings. The average molecular weight is 445 g/mol. The van der Waals surface area contributed by atoms with Crippen molar-refractivity contribution in [3.05, 3.63) is 29.8 Å². The topological polar surface area (TPSA) is 99.2 Å². The maximum absolute atomic E-state index is 14.0. The summed E-state index contributed by atoms with van der Waals surface area (Å²) in [5, 5.41) is 10.8. The van der Waals surface area contributed by atoms with Gasteiger partial charge in [0.25, 0.3) is 0 Å². The third-order valence-corrected chi connectivity index (χ3v) is 7.79. The Balaban J connectivity index is 1.64. The van der Waals surface area contributed by atoms with Gasteiger partial charge >= 0.3 is 0 Å². The first-order chi connectivity index (χ1) is 13.9. The molecule has 2 atom stereocenters. The number of aliphatic imine (C=N–C) groups is 1. The number of aliphatic hydroxyl groups is 1. The van der Waals surface area contributed by atoms with Crippen molar-refractivity contribution >= 4 is 16.0 Å². The Kier molecular flexibility index (Phi) is 6.41. The van der Waals surface area contributed by atoms with E-state index < -0.39 is 38.3 Å². The molecule has 7 nitrogen and oxygen atoms in total. The number of rotatable bonds is 6. The number of sulfonamides is 1. The first-order valence-corrected chi connectivity index (χ1v) is 11.6. The van der Waals surface area contributed by atoms with Crippen LogP contribution in [0.5, 0.6) is 0 Å². The molecule has 0 aliphatic carbocycles. The highest BCUT2D eigenvalue weighted by Gasteiger charge is 2.45. The summed E-state index contributed by atoms with van der Waals surface area (Å²) < 4.78 is 54.1. The molecule has 2 heterocycles. The van der Waals surface area contributed by atoms with Crippen molar-refractivity contribution in [2.75, 3.05) is 19.6 Å². The van der Waals surface area contributed by atoms with Crippen LogP contribution in [-0.4, -0.2) is 60.1 Å². The molecule has 1 saturated heterocycles. The number of piperidine rings is 1. The Labute approximate surface area is 176 Å². The number of benzene rings is 1. The molecule has 0 bridgehead atoms. The van der Waals surface area contributed by atoms with E-state index in [4.69, 9.17) is 5.73 Å². The molecule has 0 amide bonds. The van der Waals surface area contributed by atoms with Crippen molar-refractivity contribution in [3.63, 3.8) is 0 Å². The molecule has 30 heavy (non-hydrogen) atoms. The van der Waals surface area contributed by atoms with Crippen LogP contribution in [0.3, 0.4) is 0 Å². The van der Waals surface area contributed by atoms with Gasteiger partial charge in [-0.1, -0.05) is 13.8 Å². The molecule has 0 saturated carbocycles. The number of nitrogens with zero attached hydrogens (tertiary/aromatic N) is 3. The SMILES string of the molecule is CC(C)CC1(C)N=C(N)N(CC2CCN(S(=O)(=O)c3cc(F)ccc3F)CC2)C1O. The van der Waals surface area contributed by atoms with Gasteiger partial charge in [-0.15, -0.1) is 0 Å². The Morgan fingerprint density at radius 1 is 1.30 bits per heavy atom. The first-order valence-electron chi connectivity index (χ1n) is 10.2. The lowest BCUT2D eigenvalue weighted by Crippen LogP contribution is -2.50. The van der Waals surface area contributed by atoms with E-state index >= 15 is 0 Å². The van der Waals surface area contributed by atoms with Crippen molar-refractivity contribution in [2.24, 2.45) is 22.6 Å². The summed E-state index contributed by atoms with van der Waals surface area (Å²) in [6.45, 7) is 6.84. The first kappa shape index (κ1) is 22.9. The van der Waals surface area contributed by atoms with Crippen LogP contribution in [0.2, 0.25) is 0 Å². The van der Waals surface area contributed by atoms with E-state index in [9.17, 15) is 22.3 Å². The molecular weight excluding hydrogens is 414 g/mol. The molecule has 0 spiro atoms. The fourth-order valence-electron chi connectivity index (χ4n) is 4.44. The van der Waals surface area contributed by atoms with Crippen LogP contribution in [0.25, 0.3) is 0 Å². The second-order valence-electron chi connectivity index (χ2n) is 8.87. The predicted molar refractivity (Wildman–Crippen MR) is 110 cm³/mol. The van der Waals surface area contributed by atoms with E-state index in [1.807, 2.05) is 6.92 Å². The quantitative estimate of drug-likeness (QED) is 0.700. The molecular formula is C20H30F2N4O3S. The smallest absolute Gasteiger partial charge is 0.246 e. The van der Waals surface area contributed by atoms with Crippen LogP contribution in [-0.2, 0) is 10.0 Å². The Morgan fingerprint density at radius 2 is 1.93 bits per heavy atom. The van der Waals surface area contributed by atoms with Crippen LogP contribution in [0, 0.1) is 23.5 Å². The maximum atomic E-state index is 14.0. The molecule has 0 radical (unpaired) electrons. The van der Waals surface area contributed by atoms with Gasteiger partial charge in [-0.25, -0.2) is 22.2 Å². The summed E-state index contributed by atoms with van der Waals surface area (Å²) in [5.74, 6) is -1.03. The van der Waals surface area contributed by atoms with Gasteiger partial charge in [0.2, 0.25) is 10.0 Å². The van der Waals surface area contributed by atoms with Gasteiger partial charge in [0.05, 0.1) is 0 Å². The summed E-state index contributed by atoms with van der Waals surface area (Å²) >= 11 is 0. The number of nitrogens with two attached hydrogens (primary N) is 1. The van der Waals surface area contributed by atoms with Gasteiger partial charge in [-0.2, -0.15) is 4.31 Å². The van der Waals surface area contributed by atoms with Crippen molar-refractivity contribution in [3.8, 4) is 0 Å². The predicted octanol–water partition coefficient (Wildman–Crippen LogP) is 2.12. The molecule has 1 fully saturated rings. The third-order valence-electron chi connectivity index (χ3n) is 5.88. The summed E-state index contributed by atoms with van der Waals surface area (Å²) in [7, 11) is -4.11. The minimum atomic E-state index is -4.11. The highest BCUT2D eigenvalue weighted by molar-refractivity contribution is 7.89. The zero-order valence-electron chi connectivity index (χ0n) is 17.6. The lowest BCUT2D eigenvalue weighted by molar-refractivity contribution is -0.00523. The second kappa shape index (κ2) is 8.39. The lowest BCUT2D eigenvalue weighted by Gasteiger charge is -2.36. The minimum absolute atomic E-state index is 0.0959. The molecule has 10 heteroatoms. The number of aliphatic hydroxyl groups excluding tert-OH is 1. The molecule has 168 valence electrons. The fourth-order valence-corrected chi connectivity index (χ4v) is 5.99. The third kappa shape index (κ3) is 4.45. The number of hydrogen-bond donors (Lipinski definition) is 2. The van der Waals surface area contributed by atoms with E-state index in [-0.39, 0.29) is 19.0 Å². The Morgan fingerprint density at radius 3 is 2.53 bits per heavy atom. The second-order valence-corrected chi connectivity index (χ2v) is 10.8. The molecule has 2 unspecified atom stereocenters. The molecule has 2 aliphatic heterocycles. The maximum Gasteiger partial charge on any atom is 0.246 e. The molecule has 1 aromatic carbocycles. The minimum Gasteiger partial charge on any atom is -0.371 e. The molecule has 3 N–H and O–H groups in total. The van der Waals surface area contributed by atoms with E-state index in [1.54, 1.807) is 4.90 Å². The van der Waals surface area contributed by atoms with Gasteiger partial charge in [0, 0.05) is 19.6 Å². The summed E-state index contributed by atoms with van der Waals surface area (Å²) in [6, 6.07) is 2.42. The monoisotopic (exact) mass is 444 g/mol. The van der Waals surface area contributed by atoms with Crippen LogP contribution in [0.1, 0.15) is 40.0 Å². The van der Waals surface area contributed by atoms with Crippen LogP contribution in [0.4, 0.5) is 8.78 Å². The van der Waals surface area contributed by atoms with Gasteiger partial charge in [0.1, 0.15) is 22.1 Å². The molecule has 0 aromatic heterocycles. The van der Waals surface area contributed by atoms with Crippen LogP contribution in [0.15, 0.2) is 28.1 Å². The van der Waals surface area contributed by atoms with Crippen molar-refractivity contribution in [2.45, 2.75) is 56.7 Å². The highest BCUT2D eigenvalue weighted by Crippen LogP contribution is 2.34. The Bertz CT molecular complexity index is 917. The van der Waals surface area contributed by atoms with E-state index in [2.05, 4.69) is 18.8 Å². The average Bonchev–Trinajstić information content (AvgIpc) is 2.86. The van der Waals surface area contributed by atoms with Crippen LogP contribution < -0.4 is 5.73 Å². The standard InChI is InChI=1S/C20H30F2N4O3S/c1-13(2)11-20(3)18(27)26(19(23)24-20)12-14-6-8-25(9-7-14)30(28,29)17-10-15(21)4-5-16(17)22/h4-5,10,13-14,18,27H,6-9,11-12H2,1-3H3,(H2,23,24). The summed E-state index contributed by atoms with van der Waals surface area (Å²) in [6.07, 6.45) is 0.908. The normalized spacial score (nSPS) is 26.4. The highest BCUT2D eigenvalue weighted by atomic mass is 32.2. The zero-order valence-corrected chi connectivity index (χ0v) is 18.4. The van der Waals surface area contributed by atoms with E-state index in [0.29, 0.717) is 43.8 Å². The largest absolute Gasteiger partial charge is 0.371 e. The number of hydrogen-bond acceptors (Lipinski definition) is 6. The van der Waals surface area contributed by atoms with Gasteiger partial charge in [-0.05, 0) is 56.2 Å². The van der Waals surface area contributed by atoms with E-state index in [1.165, 1.54) is 4.31 Å². The summed E-state index contributed by atoms with van der Waals surface area (Å²) in [5.41, 5.74) is 5.40. The number of guanidine groups is 1. The van der Waals surface area contributed by atoms with Crippen molar-refractivity contribution < 1.29 is 22.3 Å². The Hall–Kier alpha value is -1.78. The van der Waals surface area contributed by atoms with Gasteiger partial charge in [0.15, 0.2) is 12.2 Å². The zero-order chi connectivity index (χ0) is 22.3. The van der Waals surface area contributed by atoms with Crippen molar-refractivity contribution in [1.29, 1.82) is 0 Å². The van der Waals surface area contributed by atoms with Crippen molar-refractivity contribution in [1.82, 2.24) is 9.21 Å². The fraction of sp³-hybridized carbons (Fsp3) is 0.650. The number of halogens is 2. The van der Waals surface area contributed by atoms with E-state index in [0.717, 1.165) is 12.1 Å². The van der Waals surface area contributed by atoms with Crippen LogP contribution >= 0.6 is 0 Å². The molecule has 2 aliphatic rings. The summed E-state index contributed by atoms with van der Waals surface area (Å²) in [4.78, 5) is 5.53. The van der Waals surface area contributed by atoms with Gasteiger partial charge < -0.3 is 15.7 Å².